The van der Waals surface area contributed by atoms with E-state index in [1.54, 1.807) is 7.11 Å². The molecule has 18 heavy (non-hydrogen) atoms. The van der Waals surface area contributed by atoms with Crippen molar-refractivity contribution in [2.24, 2.45) is 0 Å². The zero-order valence-electron chi connectivity index (χ0n) is 11.9. The van der Waals surface area contributed by atoms with E-state index < -0.39 is 8.60 Å². The minimum absolute atomic E-state index is 0. The van der Waals surface area contributed by atoms with Crippen LogP contribution in [0.1, 0.15) is 64.2 Å². The molecule has 5 heteroatoms. The van der Waals surface area contributed by atoms with Crippen LogP contribution in [0.4, 0.5) is 0 Å². The van der Waals surface area contributed by atoms with Crippen molar-refractivity contribution in [1.29, 1.82) is 0 Å². The largest absolute Gasteiger partial charge is 0.369 e. The van der Waals surface area contributed by atoms with Gasteiger partial charge in [-0.15, -0.1) is 0 Å². The molecule has 0 aromatic heterocycles. The van der Waals surface area contributed by atoms with E-state index in [-0.39, 0.29) is 6.15 Å². The van der Waals surface area contributed by atoms with E-state index >= 15 is 0 Å². The van der Waals surface area contributed by atoms with Gasteiger partial charge in [-0.2, -0.15) is 0 Å². The van der Waals surface area contributed by atoms with Gasteiger partial charge >= 0.3 is 8.60 Å². The average Bonchev–Trinajstić information content (AvgIpc) is 2.40. The quantitative estimate of drug-likeness (QED) is 0.725. The Kier molecular flexibility index (Phi) is 8.36. The normalized spacial score (nSPS) is 23.0. The molecule has 0 aliphatic heterocycles. The summed E-state index contributed by atoms with van der Waals surface area (Å²) in [5.74, 6) is 0. The van der Waals surface area contributed by atoms with Gasteiger partial charge in [-0.1, -0.05) is 38.5 Å². The minimum Gasteiger partial charge on any atom is -0.369 e. The fourth-order valence-corrected chi connectivity index (χ4v) is 3.83. The lowest BCUT2D eigenvalue weighted by molar-refractivity contribution is 0.0690. The van der Waals surface area contributed by atoms with Gasteiger partial charge in [0.15, 0.2) is 0 Å². The van der Waals surface area contributed by atoms with Crippen LogP contribution in [-0.2, 0) is 13.6 Å². The topological polar surface area (TPSA) is 64.2 Å². The fourth-order valence-electron chi connectivity index (χ4n) is 2.70. The molecular formula is C13H29NO3P+. The lowest BCUT2D eigenvalue weighted by Crippen LogP contribution is -2.19. The number of rotatable bonds is 5. The minimum atomic E-state index is -1.10. The van der Waals surface area contributed by atoms with Crippen molar-refractivity contribution in [3.63, 3.8) is 0 Å². The van der Waals surface area contributed by atoms with Crippen LogP contribution in [0.3, 0.4) is 0 Å². The Bertz CT molecular complexity index is 186. The molecule has 2 aliphatic carbocycles. The molecule has 2 saturated carbocycles. The van der Waals surface area contributed by atoms with Crippen molar-refractivity contribution in [2.75, 3.05) is 7.11 Å². The zero-order chi connectivity index (χ0) is 11.9. The van der Waals surface area contributed by atoms with Gasteiger partial charge in [0.1, 0.15) is 0 Å². The third kappa shape index (κ3) is 5.50. The smallest absolute Gasteiger partial charge is 0.332 e. The second-order valence-electron chi connectivity index (χ2n) is 5.14. The second-order valence-corrected chi connectivity index (χ2v) is 6.37. The Morgan fingerprint density at radius 2 is 1.11 bits per heavy atom. The predicted molar refractivity (Wildman–Crippen MR) is 75.8 cm³/mol. The summed E-state index contributed by atoms with van der Waals surface area (Å²) in [6.45, 7) is 0. The summed E-state index contributed by atoms with van der Waals surface area (Å²) in [6, 6.07) is 0. The molecule has 0 aromatic rings. The predicted octanol–water partition coefficient (Wildman–Crippen LogP) is 4.93. The summed E-state index contributed by atoms with van der Waals surface area (Å²) < 4.78 is 17.3. The molecule has 0 heterocycles. The van der Waals surface area contributed by atoms with E-state index in [4.69, 9.17) is 13.6 Å². The van der Waals surface area contributed by atoms with Gasteiger partial charge in [0.05, 0.1) is 12.2 Å². The molecule has 0 saturated heterocycles. The number of hydrogen-bond acceptors (Lipinski definition) is 3. The first kappa shape index (κ1) is 16.3. The fraction of sp³-hybridized carbons (Fsp3) is 1.00. The molecule has 2 aliphatic rings. The van der Waals surface area contributed by atoms with E-state index in [0.717, 1.165) is 0 Å². The first-order valence-electron chi connectivity index (χ1n) is 7.06. The summed E-state index contributed by atoms with van der Waals surface area (Å²) in [4.78, 5) is 0. The van der Waals surface area contributed by atoms with Gasteiger partial charge in [-0.25, -0.2) is 0 Å². The third-order valence-corrected chi connectivity index (χ3v) is 4.96. The highest BCUT2D eigenvalue weighted by atomic mass is 31.2. The molecule has 2 rings (SSSR count). The van der Waals surface area contributed by atoms with Crippen LogP contribution >= 0.6 is 8.60 Å². The first-order chi connectivity index (χ1) is 8.38. The standard InChI is InChI=1S/C13H25O3P.H3N/c1-14-17(15-12-8-4-2-5-9-12)16-13-10-6-3-7-11-13;/h12-13H,2-11H2,1H3;1H3/p+1. The Hall–Kier alpha value is 0.270. The van der Waals surface area contributed by atoms with Crippen LogP contribution in [0.5, 0.6) is 0 Å². The van der Waals surface area contributed by atoms with Gasteiger partial charge in [-0.3, -0.25) is 0 Å². The second kappa shape index (κ2) is 9.22. The van der Waals surface area contributed by atoms with E-state index in [1.807, 2.05) is 0 Å². The first-order valence-corrected chi connectivity index (χ1v) is 8.16. The summed E-state index contributed by atoms with van der Waals surface area (Å²) in [6.07, 6.45) is 13.3. The Labute approximate surface area is 112 Å². The highest BCUT2D eigenvalue weighted by Gasteiger charge is 2.25. The van der Waals surface area contributed by atoms with E-state index in [9.17, 15) is 0 Å². The summed E-state index contributed by atoms with van der Waals surface area (Å²) in [7, 11) is 0.602. The van der Waals surface area contributed by atoms with Crippen LogP contribution < -0.4 is 6.15 Å². The lowest BCUT2D eigenvalue weighted by atomic mass is 9.98. The number of quaternary nitrogens is 1. The van der Waals surface area contributed by atoms with Crippen molar-refractivity contribution in [1.82, 2.24) is 6.15 Å². The number of hydrogen-bond donors (Lipinski definition) is 1. The summed E-state index contributed by atoms with van der Waals surface area (Å²) in [5, 5.41) is 0. The molecule has 4 N–H and O–H groups in total. The Morgan fingerprint density at radius 1 is 0.722 bits per heavy atom. The van der Waals surface area contributed by atoms with E-state index in [0.29, 0.717) is 12.2 Å². The van der Waals surface area contributed by atoms with Crippen molar-refractivity contribution < 1.29 is 13.6 Å². The van der Waals surface area contributed by atoms with Gasteiger partial charge < -0.3 is 19.7 Å². The Balaban J connectivity index is 0.00000162. The molecule has 0 aromatic carbocycles. The monoisotopic (exact) mass is 278 g/mol. The van der Waals surface area contributed by atoms with Gasteiger partial charge in [0, 0.05) is 7.11 Å². The maximum atomic E-state index is 5.96. The maximum absolute atomic E-state index is 5.96. The van der Waals surface area contributed by atoms with Crippen LogP contribution in [0.2, 0.25) is 0 Å². The van der Waals surface area contributed by atoms with Crippen LogP contribution in [0.15, 0.2) is 0 Å². The van der Waals surface area contributed by atoms with Gasteiger partial charge in [0.25, 0.3) is 0 Å². The molecule has 2 fully saturated rings. The Morgan fingerprint density at radius 3 is 1.44 bits per heavy atom. The van der Waals surface area contributed by atoms with Crippen LogP contribution in [0.25, 0.3) is 0 Å². The summed E-state index contributed by atoms with van der Waals surface area (Å²) >= 11 is 0. The van der Waals surface area contributed by atoms with E-state index in [2.05, 4.69) is 0 Å². The lowest BCUT2D eigenvalue weighted by Gasteiger charge is -2.29. The molecule has 4 nitrogen and oxygen atoms in total. The van der Waals surface area contributed by atoms with Crippen LogP contribution in [-0.4, -0.2) is 19.3 Å². The molecule has 0 spiro atoms. The highest BCUT2D eigenvalue weighted by Crippen LogP contribution is 2.45. The molecular weight excluding hydrogens is 249 g/mol. The zero-order valence-corrected chi connectivity index (χ0v) is 12.8. The van der Waals surface area contributed by atoms with Crippen molar-refractivity contribution in [2.45, 2.75) is 76.4 Å². The van der Waals surface area contributed by atoms with Crippen molar-refractivity contribution in [3.8, 4) is 0 Å². The molecule has 0 unspecified atom stereocenters. The average molecular weight is 278 g/mol. The van der Waals surface area contributed by atoms with Gasteiger partial charge in [0.2, 0.25) is 0 Å². The molecule has 0 bridgehead atoms. The van der Waals surface area contributed by atoms with Crippen molar-refractivity contribution in [3.05, 3.63) is 0 Å². The van der Waals surface area contributed by atoms with Crippen LogP contribution in [0, 0.1) is 0 Å². The molecule has 0 radical (unpaired) electrons. The summed E-state index contributed by atoms with van der Waals surface area (Å²) in [5.41, 5.74) is 0. The molecule has 0 amide bonds. The maximum Gasteiger partial charge on any atom is 0.332 e. The molecule has 0 atom stereocenters. The highest BCUT2D eigenvalue weighted by molar-refractivity contribution is 7.41. The van der Waals surface area contributed by atoms with E-state index in [1.165, 1.54) is 64.2 Å². The SMILES string of the molecule is COP(OC1CCCCC1)OC1CCCCC1.[NH4+]. The van der Waals surface area contributed by atoms with Crippen molar-refractivity contribution >= 4 is 8.60 Å². The van der Waals surface area contributed by atoms with Gasteiger partial charge in [-0.05, 0) is 25.7 Å². The third-order valence-electron chi connectivity index (χ3n) is 3.72. The molecule has 108 valence electrons.